The molecule has 0 saturated carbocycles. The van der Waals surface area contributed by atoms with Gasteiger partial charge in [0.2, 0.25) is 5.91 Å². The predicted octanol–water partition coefficient (Wildman–Crippen LogP) is 2.46. The number of carbonyl (C=O) groups excluding carboxylic acids is 1. The van der Waals surface area contributed by atoms with Crippen LogP contribution in [-0.4, -0.2) is 35.5 Å². The van der Waals surface area contributed by atoms with Crippen molar-refractivity contribution in [3.63, 3.8) is 0 Å². The lowest BCUT2D eigenvalue weighted by Crippen LogP contribution is -2.31. The summed E-state index contributed by atoms with van der Waals surface area (Å²) < 4.78 is 5.26. The van der Waals surface area contributed by atoms with Gasteiger partial charge < -0.3 is 14.7 Å². The van der Waals surface area contributed by atoms with E-state index < -0.39 is 5.97 Å². The van der Waals surface area contributed by atoms with E-state index in [1.54, 1.807) is 7.11 Å². The van der Waals surface area contributed by atoms with Crippen LogP contribution >= 0.6 is 0 Å². The van der Waals surface area contributed by atoms with Gasteiger partial charge >= 0.3 is 5.97 Å². The van der Waals surface area contributed by atoms with Gasteiger partial charge in [-0.2, -0.15) is 0 Å². The summed E-state index contributed by atoms with van der Waals surface area (Å²) in [5, 5.41) is 8.81. The number of carbonyl (C=O) groups is 2. The number of amides is 1. The van der Waals surface area contributed by atoms with E-state index in [4.69, 9.17) is 9.84 Å². The Balaban J connectivity index is 2.93. The third-order valence-corrected chi connectivity index (χ3v) is 2.87. The van der Waals surface area contributed by atoms with Crippen molar-refractivity contribution in [3.05, 3.63) is 41.5 Å². The number of hydrogen-bond donors (Lipinski definition) is 1. The van der Waals surface area contributed by atoms with Crippen LogP contribution in [0.2, 0.25) is 0 Å². The van der Waals surface area contributed by atoms with Crippen molar-refractivity contribution in [3.8, 4) is 5.75 Å². The van der Waals surface area contributed by atoms with Crippen molar-refractivity contribution in [1.82, 2.24) is 4.90 Å². The van der Waals surface area contributed by atoms with Crippen LogP contribution in [0.25, 0.3) is 0 Å². The Morgan fingerprint density at radius 1 is 1.29 bits per heavy atom. The summed E-state index contributed by atoms with van der Waals surface area (Å²) in [6.07, 6.45) is 1.43. The van der Waals surface area contributed by atoms with E-state index >= 15 is 0 Å². The first-order valence-corrected chi connectivity index (χ1v) is 6.71. The molecule has 0 aliphatic heterocycles. The number of methoxy groups -OCH3 is 1. The fraction of sp³-hybridized carbons (Fsp3) is 0.375. The van der Waals surface area contributed by atoms with E-state index in [1.165, 1.54) is 11.0 Å². The number of rotatable bonds is 7. The molecule has 1 N–H and O–H groups in total. The van der Waals surface area contributed by atoms with Crippen molar-refractivity contribution in [2.24, 2.45) is 0 Å². The molecule has 0 aromatic heterocycles. The van der Waals surface area contributed by atoms with Crippen molar-refractivity contribution in [2.75, 3.05) is 13.7 Å². The van der Waals surface area contributed by atoms with Gasteiger partial charge in [0.15, 0.2) is 0 Å². The predicted molar refractivity (Wildman–Crippen MR) is 80.1 cm³/mol. The molecule has 5 nitrogen and oxygen atoms in total. The molecule has 0 atom stereocenters. The van der Waals surface area contributed by atoms with Crippen LogP contribution in [0.5, 0.6) is 5.75 Å². The summed E-state index contributed by atoms with van der Waals surface area (Å²) in [5.74, 6) is -0.435. The van der Waals surface area contributed by atoms with E-state index in [2.05, 4.69) is 0 Å². The number of carboxylic acid groups (broad SMARTS) is 1. The molecule has 1 amide bonds. The van der Waals surface area contributed by atoms with Crippen molar-refractivity contribution < 1.29 is 19.4 Å². The number of carboxylic acids is 1. The number of aliphatic carboxylic acids is 1. The van der Waals surface area contributed by atoms with Gasteiger partial charge in [-0.05, 0) is 19.9 Å². The standard InChI is InChI=1S/C16H21NO4/c1-12(2)10-15(18)17(9-8-16(19)20)11-13-6-4-5-7-14(13)21-3/h4-7,10H,8-9,11H2,1-3H3,(H,19,20). The number of nitrogens with zero attached hydrogens (tertiary/aromatic N) is 1. The average Bonchev–Trinajstić information content (AvgIpc) is 2.42. The maximum atomic E-state index is 12.2. The number of hydrogen-bond acceptors (Lipinski definition) is 3. The zero-order valence-corrected chi connectivity index (χ0v) is 12.6. The molecule has 0 aliphatic carbocycles. The first-order valence-electron chi connectivity index (χ1n) is 6.71. The molecule has 0 bridgehead atoms. The molecule has 0 aliphatic rings. The summed E-state index contributed by atoms with van der Waals surface area (Å²) in [6, 6.07) is 7.39. The Kier molecular flexibility index (Phi) is 6.46. The maximum Gasteiger partial charge on any atom is 0.305 e. The number of ether oxygens (including phenoxy) is 1. The quantitative estimate of drug-likeness (QED) is 0.784. The normalized spacial score (nSPS) is 9.86. The van der Waals surface area contributed by atoms with Crippen molar-refractivity contribution in [1.29, 1.82) is 0 Å². The first-order chi connectivity index (χ1) is 9.93. The largest absolute Gasteiger partial charge is 0.496 e. The highest BCUT2D eigenvalue weighted by Gasteiger charge is 2.15. The Morgan fingerprint density at radius 3 is 2.52 bits per heavy atom. The minimum atomic E-state index is -0.926. The van der Waals surface area contributed by atoms with Gasteiger partial charge in [0.1, 0.15) is 5.75 Å². The monoisotopic (exact) mass is 291 g/mol. The lowest BCUT2D eigenvalue weighted by Gasteiger charge is -2.22. The fourth-order valence-electron chi connectivity index (χ4n) is 1.88. The van der Waals surface area contributed by atoms with Crippen LogP contribution in [0.1, 0.15) is 25.8 Å². The van der Waals surface area contributed by atoms with Gasteiger partial charge in [-0.1, -0.05) is 23.8 Å². The summed E-state index contributed by atoms with van der Waals surface area (Å²) in [7, 11) is 1.57. The second kappa shape index (κ2) is 8.09. The molecule has 114 valence electrons. The van der Waals surface area contributed by atoms with E-state index in [-0.39, 0.29) is 18.9 Å². The lowest BCUT2D eigenvalue weighted by molar-refractivity contribution is -0.138. The highest BCUT2D eigenvalue weighted by molar-refractivity contribution is 5.88. The van der Waals surface area contributed by atoms with E-state index in [9.17, 15) is 9.59 Å². The SMILES string of the molecule is COc1ccccc1CN(CCC(=O)O)C(=O)C=C(C)C. The molecule has 0 spiro atoms. The van der Waals surface area contributed by atoms with Crippen LogP contribution < -0.4 is 4.74 Å². The second-order valence-electron chi connectivity index (χ2n) is 4.94. The molecule has 1 aromatic rings. The number of allylic oxidation sites excluding steroid dienone is 1. The second-order valence-corrected chi connectivity index (χ2v) is 4.94. The molecule has 0 unspecified atom stereocenters. The lowest BCUT2D eigenvalue weighted by atomic mass is 10.1. The molecular formula is C16H21NO4. The third kappa shape index (κ3) is 5.69. The van der Waals surface area contributed by atoms with Gasteiger partial charge in [-0.3, -0.25) is 9.59 Å². The van der Waals surface area contributed by atoms with Crippen LogP contribution in [0.3, 0.4) is 0 Å². The topological polar surface area (TPSA) is 66.8 Å². The fourth-order valence-corrected chi connectivity index (χ4v) is 1.88. The highest BCUT2D eigenvalue weighted by atomic mass is 16.5. The molecule has 1 aromatic carbocycles. The molecule has 0 heterocycles. The smallest absolute Gasteiger partial charge is 0.305 e. The van der Waals surface area contributed by atoms with Gasteiger partial charge in [0, 0.05) is 24.7 Å². The maximum absolute atomic E-state index is 12.2. The summed E-state index contributed by atoms with van der Waals surface area (Å²) in [4.78, 5) is 24.4. The minimum Gasteiger partial charge on any atom is -0.496 e. The summed E-state index contributed by atoms with van der Waals surface area (Å²) in [5.41, 5.74) is 1.72. The molecule has 1 rings (SSSR count). The van der Waals surface area contributed by atoms with Crippen LogP contribution in [0.15, 0.2) is 35.9 Å². The zero-order valence-electron chi connectivity index (χ0n) is 12.6. The van der Waals surface area contributed by atoms with Crippen LogP contribution in [0, 0.1) is 0 Å². The van der Waals surface area contributed by atoms with Gasteiger partial charge in [0.05, 0.1) is 13.5 Å². The first kappa shape index (κ1) is 16.8. The highest BCUT2D eigenvalue weighted by Crippen LogP contribution is 2.19. The molecule has 0 fully saturated rings. The summed E-state index contributed by atoms with van der Waals surface area (Å²) in [6.45, 7) is 4.14. The zero-order chi connectivity index (χ0) is 15.8. The molecule has 0 saturated heterocycles. The van der Waals surface area contributed by atoms with Gasteiger partial charge in [-0.25, -0.2) is 0 Å². The third-order valence-electron chi connectivity index (χ3n) is 2.87. The van der Waals surface area contributed by atoms with Crippen LogP contribution in [0.4, 0.5) is 0 Å². The Bertz CT molecular complexity index is 533. The van der Waals surface area contributed by atoms with E-state index in [0.29, 0.717) is 12.3 Å². The Morgan fingerprint density at radius 2 is 1.95 bits per heavy atom. The molecule has 21 heavy (non-hydrogen) atoms. The van der Waals surface area contributed by atoms with Crippen molar-refractivity contribution >= 4 is 11.9 Å². The van der Waals surface area contributed by atoms with Gasteiger partial charge in [-0.15, -0.1) is 0 Å². The molecular weight excluding hydrogens is 270 g/mol. The molecule has 0 radical (unpaired) electrons. The number of para-hydroxylation sites is 1. The van der Waals surface area contributed by atoms with E-state index in [0.717, 1.165) is 11.1 Å². The van der Waals surface area contributed by atoms with Crippen LogP contribution in [-0.2, 0) is 16.1 Å². The van der Waals surface area contributed by atoms with Crippen molar-refractivity contribution in [2.45, 2.75) is 26.8 Å². The Labute approximate surface area is 124 Å². The molecule has 5 heteroatoms. The number of benzene rings is 1. The van der Waals surface area contributed by atoms with Gasteiger partial charge in [0.25, 0.3) is 0 Å². The van der Waals surface area contributed by atoms with E-state index in [1.807, 2.05) is 38.1 Å². The summed E-state index contributed by atoms with van der Waals surface area (Å²) >= 11 is 0. The average molecular weight is 291 g/mol. The minimum absolute atomic E-state index is 0.0858. The Hall–Kier alpha value is -2.30.